The molecule has 0 saturated carbocycles. The van der Waals surface area contributed by atoms with Crippen molar-refractivity contribution in [2.75, 3.05) is 38.8 Å². The van der Waals surface area contributed by atoms with Gasteiger partial charge in [0.15, 0.2) is 5.58 Å². The maximum absolute atomic E-state index is 13.1. The van der Waals surface area contributed by atoms with Crippen molar-refractivity contribution < 1.29 is 49.6 Å². The maximum atomic E-state index is 13.1. The predicted molar refractivity (Wildman–Crippen MR) is 127 cm³/mol. The van der Waals surface area contributed by atoms with Crippen LogP contribution >= 0.6 is 0 Å². The van der Waals surface area contributed by atoms with Crippen LogP contribution in [0.3, 0.4) is 0 Å². The number of anilines is 1. The quantitative estimate of drug-likeness (QED) is 0.442. The second-order valence-corrected chi connectivity index (χ2v) is 9.52. The number of carboxylic acids is 1. The number of methoxy groups -OCH3 is 2. The number of aliphatic carboxylic acids is 1. The molecule has 10 nitrogen and oxygen atoms in total. The second kappa shape index (κ2) is 11.2. The van der Waals surface area contributed by atoms with Gasteiger partial charge in [-0.15, -0.1) is 0 Å². The molecule has 1 aromatic heterocycles. The molecule has 14 heteroatoms. The minimum atomic E-state index is -5.08. The van der Waals surface area contributed by atoms with Gasteiger partial charge in [0.25, 0.3) is 0 Å². The SMILES string of the molecule is COc1cc(OC)cc(OS(=O)(=O)c2cc(N3CCN[C@H](C)C3)c3occc3c2)c1.O=C(O)C(F)(F)F. The zero-order valence-corrected chi connectivity index (χ0v) is 20.9. The Morgan fingerprint density at radius 2 is 1.70 bits per heavy atom. The Bertz CT molecular complexity index is 1340. The summed E-state index contributed by atoms with van der Waals surface area (Å²) in [6.07, 6.45) is -3.52. The smallest absolute Gasteiger partial charge is 0.490 e. The summed E-state index contributed by atoms with van der Waals surface area (Å²) in [4.78, 5) is 11.1. The number of ether oxygens (including phenoxy) is 2. The van der Waals surface area contributed by atoms with Crippen molar-refractivity contribution in [1.82, 2.24) is 5.32 Å². The molecule has 3 aromatic rings. The van der Waals surface area contributed by atoms with Crippen LogP contribution in [-0.2, 0) is 14.9 Å². The average Bonchev–Trinajstić information content (AvgIpc) is 3.31. The second-order valence-electron chi connectivity index (χ2n) is 7.97. The lowest BCUT2D eigenvalue weighted by molar-refractivity contribution is -0.192. The number of hydrogen-bond donors (Lipinski definition) is 2. The topological polar surface area (TPSA) is 128 Å². The van der Waals surface area contributed by atoms with Gasteiger partial charge in [-0.2, -0.15) is 21.6 Å². The standard InChI is InChI=1S/C21H24N2O6S.C2HF3O2/c1-14-13-23(6-5-22-14)20-12-19(8-15-4-7-28-21(15)20)30(24,25)29-18-10-16(26-2)9-17(11-18)27-3;3-2(4,5)1(6)7/h4,7-12,14,22H,5-6,13H2,1-3H3;(H,6,7)/t14-;/m1./s1. The molecule has 0 aliphatic carbocycles. The number of carbonyl (C=O) groups is 1. The lowest BCUT2D eigenvalue weighted by atomic mass is 10.1. The molecular formula is C23H25F3N2O8S. The van der Waals surface area contributed by atoms with E-state index in [0.29, 0.717) is 22.5 Å². The summed E-state index contributed by atoms with van der Waals surface area (Å²) in [5, 5.41) is 11.2. The number of nitrogens with one attached hydrogen (secondary N) is 1. The zero-order valence-electron chi connectivity index (χ0n) is 20.0. The summed E-state index contributed by atoms with van der Waals surface area (Å²) in [6, 6.07) is 9.82. The van der Waals surface area contributed by atoms with Gasteiger partial charge < -0.3 is 33.4 Å². The Morgan fingerprint density at radius 3 is 2.24 bits per heavy atom. The summed E-state index contributed by atoms with van der Waals surface area (Å²) >= 11 is 0. The molecule has 0 unspecified atom stereocenters. The molecule has 202 valence electrons. The predicted octanol–water partition coefficient (Wildman–Crippen LogP) is 3.65. The highest BCUT2D eigenvalue weighted by Crippen LogP contribution is 2.34. The van der Waals surface area contributed by atoms with Crippen molar-refractivity contribution in [2.45, 2.75) is 24.0 Å². The fraction of sp³-hybridized carbons (Fsp3) is 0.348. The highest BCUT2D eigenvalue weighted by Gasteiger charge is 2.38. The van der Waals surface area contributed by atoms with Gasteiger partial charge in [0.1, 0.15) is 22.1 Å². The molecule has 1 aliphatic heterocycles. The van der Waals surface area contributed by atoms with Gasteiger partial charge in [0.2, 0.25) is 0 Å². The first-order valence-corrected chi connectivity index (χ1v) is 12.2. The Morgan fingerprint density at radius 1 is 1.11 bits per heavy atom. The Balaban J connectivity index is 0.000000479. The summed E-state index contributed by atoms with van der Waals surface area (Å²) in [7, 11) is -1.13. The molecule has 2 aromatic carbocycles. The van der Waals surface area contributed by atoms with E-state index in [1.807, 2.05) is 0 Å². The summed E-state index contributed by atoms with van der Waals surface area (Å²) < 4.78 is 79.4. The van der Waals surface area contributed by atoms with Gasteiger partial charge in [-0.05, 0) is 25.1 Å². The van der Waals surface area contributed by atoms with E-state index in [1.54, 1.807) is 30.5 Å². The van der Waals surface area contributed by atoms with E-state index in [9.17, 15) is 21.6 Å². The molecule has 0 amide bonds. The highest BCUT2D eigenvalue weighted by atomic mass is 32.2. The molecule has 0 radical (unpaired) electrons. The number of alkyl halides is 3. The molecule has 1 fully saturated rings. The van der Waals surface area contributed by atoms with Gasteiger partial charge in [0, 0.05) is 49.3 Å². The Hall–Kier alpha value is -3.65. The van der Waals surface area contributed by atoms with Crippen molar-refractivity contribution in [2.24, 2.45) is 0 Å². The number of piperazine rings is 1. The molecule has 2 N–H and O–H groups in total. The van der Waals surface area contributed by atoms with E-state index in [2.05, 4.69) is 17.1 Å². The number of benzene rings is 2. The molecule has 4 rings (SSSR count). The fourth-order valence-corrected chi connectivity index (χ4v) is 4.54. The number of furan rings is 1. The fourth-order valence-electron chi connectivity index (χ4n) is 3.57. The third-order valence-corrected chi connectivity index (χ3v) is 6.50. The van der Waals surface area contributed by atoms with Crippen LogP contribution in [0.4, 0.5) is 18.9 Å². The molecule has 0 spiro atoms. The van der Waals surface area contributed by atoms with Crippen LogP contribution in [0, 0.1) is 0 Å². The van der Waals surface area contributed by atoms with Gasteiger partial charge in [-0.1, -0.05) is 0 Å². The van der Waals surface area contributed by atoms with E-state index >= 15 is 0 Å². The van der Waals surface area contributed by atoms with Crippen molar-refractivity contribution in [3.63, 3.8) is 0 Å². The van der Waals surface area contributed by atoms with E-state index in [-0.39, 0.29) is 16.7 Å². The Kier molecular flexibility index (Phi) is 8.43. The average molecular weight is 547 g/mol. The van der Waals surface area contributed by atoms with Gasteiger partial charge in [-0.25, -0.2) is 4.79 Å². The molecule has 37 heavy (non-hydrogen) atoms. The van der Waals surface area contributed by atoms with Crippen molar-refractivity contribution in [3.8, 4) is 17.2 Å². The molecule has 0 bridgehead atoms. The van der Waals surface area contributed by atoms with E-state index in [4.69, 9.17) is 28.0 Å². The first kappa shape index (κ1) is 27.9. The van der Waals surface area contributed by atoms with Crippen molar-refractivity contribution in [1.29, 1.82) is 0 Å². The summed E-state index contributed by atoms with van der Waals surface area (Å²) in [6.45, 7) is 4.39. The normalized spacial score (nSPS) is 16.1. The number of nitrogens with zero attached hydrogens (tertiary/aromatic N) is 1. The van der Waals surface area contributed by atoms with Crippen LogP contribution in [0.25, 0.3) is 11.0 Å². The molecule has 1 aliphatic rings. The number of halogens is 3. The number of rotatable bonds is 6. The highest BCUT2D eigenvalue weighted by molar-refractivity contribution is 7.87. The number of hydrogen-bond acceptors (Lipinski definition) is 9. The van der Waals surface area contributed by atoms with Crippen LogP contribution in [0.2, 0.25) is 0 Å². The van der Waals surface area contributed by atoms with Crippen LogP contribution in [0.5, 0.6) is 17.2 Å². The third kappa shape index (κ3) is 6.98. The minimum absolute atomic E-state index is 0.0550. The van der Waals surface area contributed by atoms with E-state index in [0.717, 1.165) is 25.3 Å². The lowest BCUT2D eigenvalue weighted by Gasteiger charge is -2.33. The monoisotopic (exact) mass is 546 g/mol. The summed E-state index contributed by atoms with van der Waals surface area (Å²) in [5.41, 5.74) is 1.39. The Labute approximate surface area is 210 Å². The molecule has 2 heterocycles. The van der Waals surface area contributed by atoms with Crippen molar-refractivity contribution in [3.05, 3.63) is 42.7 Å². The first-order chi connectivity index (χ1) is 17.3. The van der Waals surface area contributed by atoms with Crippen LogP contribution in [0.15, 0.2) is 52.0 Å². The van der Waals surface area contributed by atoms with Crippen LogP contribution < -0.4 is 23.9 Å². The number of carboxylic acid groups (broad SMARTS) is 1. The van der Waals surface area contributed by atoms with Crippen molar-refractivity contribution >= 4 is 32.7 Å². The van der Waals surface area contributed by atoms with Gasteiger partial charge in [-0.3, -0.25) is 0 Å². The maximum Gasteiger partial charge on any atom is 0.490 e. The molecular weight excluding hydrogens is 521 g/mol. The first-order valence-electron chi connectivity index (χ1n) is 10.8. The van der Waals surface area contributed by atoms with E-state index in [1.165, 1.54) is 26.4 Å². The number of fused-ring (bicyclic) bond motifs is 1. The van der Waals surface area contributed by atoms with E-state index < -0.39 is 22.3 Å². The minimum Gasteiger partial charge on any atom is -0.496 e. The lowest BCUT2D eigenvalue weighted by Crippen LogP contribution is -2.49. The summed E-state index contributed by atoms with van der Waals surface area (Å²) in [5.74, 6) is -1.79. The van der Waals surface area contributed by atoms with Gasteiger partial charge >= 0.3 is 22.3 Å². The van der Waals surface area contributed by atoms with Crippen LogP contribution in [-0.4, -0.2) is 65.6 Å². The van der Waals surface area contributed by atoms with Crippen LogP contribution in [0.1, 0.15) is 6.92 Å². The zero-order chi connectivity index (χ0) is 27.4. The molecule has 1 atom stereocenters. The largest absolute Gasteiger partial charge is 0.496 e. The molecule has 1 saturated heterocycles. The van der Waals surface area contributed by atoms with Gasteiger partial charge in [0.05, 0.1) is 26.2 Å². The third-order valence-electron chi connectivity index (χ3n) is 5.28.